The maximum absolute atomic E-state index is 11.9. The molecule has 4 nitrogen and oxygen atoms in total. The van der Waals surface area contributed by atoms with Crippen LogP contribution in [0, 0.1) is 11.3 Å². The topological polar surface area (TPSA) is 55.8 Å². The summed E-state index contributed by atoms with van der Waals surface area (Å²) >= 11 is 0. The van der Waals surface area contributed by atoms with Crippen LogP contribution in [0.15, 0.2) is 85.0 Å². The van der Waals surface area contributed by atoms with Crippen molar-refractivity contribution in [1.82, 2.24) is 0 Å². The molecule has 4 atom stereocenters. The van der Waals surface area contributed by atoms with E-state index in [2.05, 4.69) is 19.1 Å². The Kier molecular flexibility index (Phi) is 5.65. The summed E-state index contributed by atoms with van der Waals surface area (Å²) in [5.74, 6) is 0.766. The van der Waals surface area contributed by atoms with Gasteiger partial charge in [0, 0.05) is 11.3 Å². The van der Waals surface area contributed by atoms with E-state index in [4.69, 9.17) is 9.47 Å². The van der Waals surface area contributed by atoms with Gasteiger partial charge in [-0.05, 0) is 36.3 Å². The van der Waals surface area contributed by atoms with Crippen LogP contribution >= 0.6 is 0 Å². The van der Waals surface area contributed by atoms with Gasteiger partial charge in [-0.1, -0.05) is 67.6 Å². The Labute approximate surface area is 171 Å². The van der Waals surface area contributed by atoms with Crippen molar-refractivity contribution in [2.45, 2.75) is 31.7 Å². The molecule has 1 aliphatic heterocycles. The van der Waals surface area contributed by atoms with Crippen LogP contribution in [0.3, 0.4) is 0 Å². The molecule has 4 heteroatoms. The van der Waals surface area contributed by atoms with Crippen LogP contribution in [0.4, 0.5) is 0 Å². The molecule has 4 rings (SSSR count). The molecule has 1 saturated heterocycles. The van der Waals surface area contributed by atoms with E-state index in [9.17, 15) is 9.90 Å². The van der Waals surface area contributed by atoms with Crippen LogP contribution in [-0.4, -0.2) is 29.7 Å². The molecule has 1 heterocycles. The van der Waals surface area contributed by atoms with E-state index in [-0.39, 0.29) is 24.4 Å². The number of carbonyl (C=O) groups excluding carboxylic acids is 1. The molecule has 0 saturated carbocycles. The van der Waals surface area contributed by atoms with Crippen LogP contribution in [0.25, 0.3) is 0 Å². The van der Waals surface area contributed by atoms with E-state index in [0.29, 0.717) is 5.75 Å². The number of ether oxygens (including phenoxy) is 2. The van der Waals surface area contributed by atoms with Crippen LogP contribution in [-0.2, 0) is 9.53 Å². The molecule has 0 bridgehead atoms. The number of rotatable bonds is 6. The summed E-state index contributed by atoms with van der Waals surface area (Å²) in [5.41, 5.74) is 0.571. The lowest BCUT2D eigenvalue weighted by molar-refractivity contribution is -0.110. The van der Waals surface area contributed by atoms with Crippen molar-refractivity contribution in [1.29, 1.82) is 0 Å². The van der Waals surface area contributed by atoms with Gasteiger partial charge >= 0.3 is 0 Å². The molecular formula is C25H26O4. The maximum atomic E-state index is 11.9. The third-order valence-corrected chi connectivity index (χ3v) is 5.98. The van der Waals surface area contributed by atoms with Gasteiger partial charge in [0.05, 0.1) is 12.7 Å². The highest BCUT2D eigenvalue weighted by Crippen LogP contribution is 2.55. The van der Waals surface area contributed by atoms with E-state index in [1.165, 1.54) is 0 Å². The minimum absolute atomic E-state index is 0.0306. The van der Waals surface area contributed by atoms with Crippen molar-refractivity contribution < 1.29 is 19.4 Å². The summed E-state index contributed by atoms with van der Waals surface area (Å²) < 4.78 is 12.8. The molecule has 1 spiro atoms. The first-order chi connectivity index (χ1) is 14.2. The molecule has 1 fully saturated rings. The molecule has 2 aliphatic rings. The number of aliphatic hydroxyl groups excluding tert-OH is 1. The molecule has 150 valence electrons. The second kappa shape index (κ2) is 8.36. The van der Waals surface area contributed by atoms with Gasteiger partial charge in [0.1, 0.15) is 18.0 Å². The van der Waals surface area contributed by atoms with Gasteiger partial charge in [-0.3, -0.25) is 4.79 Å². The zero-order chi connectivity index (χ0) is 20.3. The Morgan fingerprint density at radius 2 is 1.66 bits per heavy atom. The van der Waals surface area contributed by atoms with Gasteiger partial charge in [-0.2, -0.15) is 0 Å². The quantitative estimate of drug-likeness (QED) is 0.800. The number of ketones is 1. The van der Waals surface area contributed by atoms with Gasteiger partial charge in [-0.15, -0.1) is 0 Å². The standard InChI is InChI=1S/C25H26O4/c1-2-21-23(18-9-5-3-6-10-18)29-24(25(21)15-13-19(27)14-16-25)22(17-26)28-20-11-7-4-8-12-20/h3-16,21-24,26H,2,17H2,1H3/t21-,22-,23-,24-/m0/s1. The Morgan fingerprint density at radius 1 is 1.03 bits per heavy atom. The molecule has 0 aromatic heterocycles. The van der Waals surface area contributed by atoms with Crippen LogP contribution in [0.5, 0.6) is 5.75 Å². The first-order valence-electron chi connectivity index (χ1n) is 10.1. The van der Waals surface area contributed by atoms with Gasteiger partial charge in [0.2, 0.25) is 0 Å². The Balaban J connectivity index is 1.74. The van der Waals surface area contributed by atoms with Crippen molar-refractivity contribution in [3.8, 4) is 5.75 Å². The van der Waals surface area contributed by atoms with E-state index in [1.54, 1.807) is 12.2 Å². The fourth-order valence-electron chi connectivity index (χ4n) is 4.64. The number of benzene rings is 2. The van der Waals surface area contributed by atoms with Gasteiger partial charge in [0.15, 0.2) is 5.78 Å². The van der Waals surface area contributed by atoms with Crippen molar-refractivity contribution >= 4 is 5.78 Å². The molecule has 1 aliphatic carbocycles. The van der Waals surface area contributed by atoms with E-state index in [0.717, 1.165) is 12.0 Å². The number of hydrogen-bond acceptors (Lipinski definition) is 4. The van der Waals surface area contributed by atoms with Crippen molar-refractivity contribution in [3.05, 3.63) is 90.5 Å². The molecule has 0 amide bonds. The molecule has 0 unspecified atom stereocenters. The zero-order valence-electron chi connectivity index (χ0n) is 16.5. The first-order valence-corrected chi connectivity index (χ1v) is 10.1. The molecule has 1 N–H and O–H groups in total. The number of hydrogen-bond donors (Lipinski definition) is 1. The largest absolute Gasteiger partial charge is 0.485 e. The highest BCUT2D eigenvalue weighted by atomic mass is 16.6. The fourth-order valence-corrected chi connectivity index (χ4v) is 4.64. The molecule has 0 radical (unpaired) electrons. The van der Waals surface area contributed by atoms with Crippen molar-refractivity contribution in [2.24, 2.45) is 11.3 Å². The lowest BCUT2D eigenvalue weighted by atomic mass is 9.66. The average Bonchev–Trinajstić information content (AvgIpc) is 3.09. The number of carbonyl (C=O) groups is 1. The Morgan fingerprint density at radius 3 is 2.24 bits per heavy atom. The minimum atomic E-state index is -0.567. The predicted octanol–water partition coefficient (Wildman–Crippen LogP) is 4.27. The van der Waals surface area contributed by atoms with Gasteiger partial charge in [-0.25, -0.2) is 0 Å². The van der Waals surface area contributed by atoms with Crippen LogP contribution in [0.2, 0.25) is 0 Å². The lowest BCUT2D eigenvalue weighted by Gasteiger charge is -2.37. The monoisotopic (exact) mass is 390 g/mol. The van der Waals surface area contributed by atoms with Gasteiger partial charge in [0.25, 0.3) is 0 Å². The third-order valence-electron chi connectivity index (χ3n) is 5.98. The van der Waals surface area contributed by atoms with Gasteiger partial charge < -0.3 is 14.6 Å². The average molecular weight is 390 g/mol. The SMILES string of the molecule is CC[C@H]1[C@H](c2ccccc2)O[C@@H]([C@H](CO)Oc2ccccc2)C12C=CC(=O)C=C2. The first kappa shape index (κ1) is 19.6. The molecule has 29 heavy (non-hydrogen) atoms. The molecule has 2 aromatic carbocycles. The Bertz CT molecular complexity index is 872. The minimum Gasteiger partial charge on any atom is -0.485 e. The van der Waals surface area contributed by atoms with Crippen molar-refractivity contribution in [3.63, 3.8) is 0 Å². The van der Waals surface area contributed by atoms with Crippen molar-refractivity contribution in [2.75, 3.05) is 6.61 Å². The van der Waals surface area contributed by atoms with E-state index >= 15 is 0 Å². The molecular weight excluding hydrogens is 364 g/mol. The highest BCUT2D eigenvalue weighted by molar-refractivity contribution is 6.00. The maximum Gasteiger partial charge on any atom is 0.178 e. The summed E-state index contributed by atoms with van der Waals surface area (Å²) in [6, 6.07) is 19.6. The second-order valence-corrected chi connectivity index (χ2v) is 7.62. The number of para-hydroxylation sites is 1. The Hall–Kier alpha value is -2.69. The highest BCUT2D eigenvalue weighted by Gasteiger charge is 2.56. The molecule has 2 aromatic rings. The number of allylic oxidation sites excluding steroid dienone is 2. The van der Waals surface area contributed by atoms with Crippen LogP contribution < -0.4 is 4.74 Å². The summed E-state index contributed by atoms with van der Waals surface area (Å²) in [4.78, 5) is 11.9. The normalized spacial score (nSPS) is 26.0. The van der Waals surface area contributed by atoms with E-state index < -0.39 is 17.6 Å². The number of aliphatic hydroxyl groups is 1. The third kappa shape index (κ3) is 3.66. The second-order valence-electron chi connectivity index (χ2n) is 7.62. The lowest BCUT2D eigenvalue weighted by Crippen LogP contribution is -2.46. The zero-order valence-corrected chi connectivity index (χ0v) is 16.5. The summed E-state index contributed by atoms with van der Waals surface area (Å²) in [7, 11) is 0. The predicted molar refractivity (Wildman–Crippen MR) is 112 cm³/mol. The summed E-state index contributed by atoms with van der Waals surface area (Å²) in [6.45, 7) is 1.95. The smallest absolute Gasteiger partial charge is 0.178 e. The summed E-state index contributed by atoms with van der Waals surface area (Å²) in [6.07, 6.45) is 6.85. The van der Waals surface area contributed by atoms with E-state index in [1.807, 2.05) is 60.7 Å². The van der Waals surface area contributed by atoms with Crippen LogP contribution in [0.1, 0.15) is 25.0 Å². The summed E-state index contributed by atoms with van der Waals surface area (Å²) in [5, 5.41) is 10.2. The fraction of sp³-hybridized carbons (Fsp3) is 0.320.